The fraction of sp³-hybridized carbons (Fsp3) is 0.429. The van der Waals surface area contributed by atoms with Crippen LogP contribution in [0.4, 0.5) is 10.5 Å². The normalized spacial score (nSPS) is 21.4. The van der Waals surface area contributed by atoms with Crippen LogP contribution in [0.25, 0.3) is 0 Å². The van der Waals surface area contributed by atoms with Crippen molar-refractivity contribution in [2.45, 2.75) is 24.5 Å². The molecule has 2 rings (SSSR count). The van der Waals surface area contributed by atoms with E-state index in [1.54, 1.807) is 24.3 Å². The second-order valence-corrected chi connectivity index (χ2v) is 6.84. The topological polar surface area (TPSA) is 84.2 Å². The van der Waals surface area contributed by atoms with Gasteiger partial charge in [-0.05, 0) is 43.7 Å². The molecule has 20 heavy (non-hydrogen) atoms. The van der Waals surface area contributed by atoms with Gasteiger partial charge < -0.3 is 16.4 Å². The number of thioether (sulfide) groups is 1. The predicted octanol–water partition coefficient (Wildman–Crippen LogP) is 2.19. The molecule has 4 N–H and O–H groups in total. The molecule has 0 spiro atoms. The number of urea groups is 1. The number of primary amides is 1. The van der Waals surface area contributed by atoms with Crippen LogP contribution in [-0.4, -0.2) is 29.0 Å². The summed E-state index contributed by atoms with van der Waals surface area (Å²) in [6.07, 6.45) is 2.33. The second kappa shape index (κ2) is 6.17. The summed E-state index contributed by atoms with van der Waals surface area (Å²) in [4.78, 5) is 22.9. The van der Waals surface area contributed by atoms with E-state index in [-0.39, 0.29) is 10.7 Å². The van der Waals surface area contributed by atoms with E-state index in [0.717, 1.165) is 12.2 Å². The minimum absolute atomic E-state index is 0.133. The molecule has 1 saturated heterocycles. The number of amides is 3. The maximum Gasteiger partial charge on any atom is 0.316 e. The van der Waals surface area contributed by atoms with Crippen molar-refractivity contribution in [3.8, 4) is 0 Å². The molecule has 0 radical (unpaired) electrons. The van der Waals surface area contributed by atoms with Gasteiger partial charge in [0.15, 0.2) is 0 Å². The Hall–Kier alpha value is -1.69. The summed E-state index contributed by atoms with van der Waals surface area (Å²) in [7, 11) is 0. The summed E-state index contributed by atoms with van der Waals surface area (Å²) in [6.45, 7) is 2.83. The molecular weight excluding hydrogens is 274 g/mol. The fourth-order valence-corrected chi connectivity index (χ4v) is 3.47. The van der Waals surface area contributed by atoms with Crippen LogP contribution in [0.1, 0.15) is 30.1 Å². The minimum atomic E-state index is -0.641. The quantitative estimate of drug-likeness (QED) is 0.795. The van der Waals surface area contributed by atoms with Crippen LogP contribution in [0.3, 0.4) is 0 Å². The molecule has 1 fully saturated rings. The van der Waals surface area contributed by atoms with Gasteiger partial charge in [-0.25, -0.2) is 4.79 Å². The van der Waals surface area contributed by atoms with Crippen molar-refractivity contribution in [2.75, 3.05) is 17.6 Å². The first-order chi connectivity index (χ1) is 9.48. The number of nitrogens with one attached hydrogen (secondary N) is 2. The third-order valence-corrected chi connectivity index (χ3v) is 4.85. The number of rotatable bonds is 4. The summed E-state index contributed by atoms with van der Waals surface area (Å²) < 4.78 is 0.138. The van der Waals surface area contributed by atoms with Gasteiger partial charge >= 0.3 is 6.03 Å². The first-order valence-corrected chi connectivity index (χ1v) is 7.56. The number of hydrogen-bond donors (Lipinski definition) is 3. The zero-order valence-corrected chi connectivity index (χ0v) is 12.3. The van der Waals surface area contributed by atoms with E-state index in [1.807, 2.05) is 11.8 Å². The van der Waals surface area contributed by atoms with Gasteiger partial charge in [0.05, 0.1) is 0 Å². The molecule has 3 amide bonds. The van der Waals surface area contributed by atoms with Crippen LogP contribution in [-0.2, 0) is 0 Å². The summed E-state index contributed by atoms with van der Waals surface area (Å²) in [5, 5.41) is 5.42. The van der Waals surface area contributed by atoms with Crippen molar-refractivity contribution in [1.82, 2.24) is 5.32 Å². The number of carbonyl (C=O) groups excluding carboxylic acids is 2. The molecule has 0 saturated carbocycles. The third-order valence-electron chi connectivity index (χ3n) is 3.32. The Morgan fingerprint density at radius 1 is 1.45 bits per heavy atom. The molecular formula is C14H19N3O2S. The Morgan fingerprint density at radius 2 is 2.25 bits per heavy atom. The van der Waals surface area contributed by atoms with E-state index in [2.05, 4.69) is 17.6 Å². The van der Waals surface area contributed by atoms with Gasteiger partial charge in [0.1, 0.15) is 0 Å². The lowest BCUT2D eigenvalue weighted by atomic mass is 10.1. The molecule has 0 aliphatic carbocycles. The lowest BCUT2D eigenvalue weighted by Gasteiger charge is -2.22. The molecule has 1 atom stereocenters. The number of anilines is 1. The van der Waals surface area contributed by atoms with Gasteiger partial charge in [0, 0.05) is 22.5 Å². The summed E-state index contributed by atoms with van der Waals surface area (Å²) in [6, 6.07) is 6.09. The van der Waals surface area contributed by atoms with Crippen LogP contribution >= 0.6 is 11.8 Å². The molecule has 1 unspecified atom stereocenters. The average Bonchev–Trinajstić information content (AvgIpc) is 2.83. The standard InChI is InChI=1S/C14H19N3O2S/c1-14(6-3-7-20-14)9-16-12(18)10-4-2-5-11(8-10)17-13(15)19/h2,4-5,8H,3,6-7,9H2,1H3,(H,16,18)(H3,15,17,19). The predicted molar refractivity (Wildman–Crippen MR) is 82.1 cm³/mol. The highest BCUT2D eigenvalue weighted by Gasteiger charge is 2.29. The average molecular weight is 293 g/mol. The van der Waals surface area contributed by atoms with Crippen molar-refractivity contribution < 1.29 is 9.59 Å². The second-order valence-electron chi connectivity index (χ2n) is 5.15. The number of hydrogen-bond acceptors (Lipinski definition) is 3. The Labute approximate surface area is 122 Å². The maximum atomic E-state index is 12.1. The van der Waals surface area contributed by atoms with Crippen molar-refractivity contribution in [3.63, 3.8) is 0 Å². The number of nitrogens with two attached hydrogens (primary N) is 1. The highest BCUT2D eigenvalue weighted by atomic mass is 32.2. The molecule has 108 valence electrons. The zero-order chi connectivity index (χ0) is 14.6. The monoisotopic (exact) mass is 293 g/mol. The lowest BCUT2D eigenvalue weighted by molar-refractivity contribution is 0.0950. The molecule has 6 heteroatoms. The van der Waals surface area contributed by atoms with E-state index in [1.165, 1.54) is 6.42 Å². The van der Waals surface area contributed by atoms with E-state index in [4.69, 9.17) is 5.73 Å². The Bertz CT molecular complexity index is 513. The third kappa shape index (κ3) is 3.90. The zero-order valence-electron chi connectivity index (χ0n) is 11.4. The van der Waals surface area contributed by atoms with Crippen molar-refractivity contribution in [2.24, 2.45) is 5.73 Å². The highest BCUT2D eigenvalue weighted by Crippen LogP contribution is 2.36. The molecule has 0 bridgehead atoms. The van der Waals surface area contributed by atoms with E-state index < -0.39 is 6.03 Å². The van der Waals surface area contributed by atoms with Gasteiger partial charge in [0.25, 0.3) is 5.91 Å². The fourth-order valence-electron chi connectivity index (χ4n) is 2.23. The van der Waals surface area contributed by atoms with Crippen LogP contribution < -0.4 is 16.4 Å². The van der Waals surface area contributed by atoms with Crippen LogP contribution in [0, 0.1) is 0 Å². The molecule has 1 heterocycles. The van der Waals surface area contributed by atoms with Gasteiger partial charge in [-0.1, -0.05) is 6.07 Å². The van der Waals surface area contributed by atoms with E-state index >= 15 is 0 Å². The van der Waals surface area contributed by atoms with Crippen molar-refractivity contribution in [3.05, 3.63) is 29.8 Å². The molecule has 1 aromatic rings. The SMILES string of the molecule is CC1(CNC(=O)c2cccc(NC(N)=O)c2)CCCS1. The summed E-state index contributed by atoms with van der Waals surface area (Å²) >= 11 is 1.91. The minimum Gasteiger partial charge on any atom is -0.351 e. The molecule has 5 nitrogen and oxygen atoms in total. The molecule has 1 aliphatic rings. The lowest BCUT2D eigenvalue weighted by Crippen LogP contribution is -2.36. The Kier molecular flexibility index (Phi) is 4.54. The Balaban J connectivity index is 1.96. The summed E-state index contributed by atoms with van der Waals surface area (Å²) in [5.41, 5.74) is 6.09. The largest absolute Gasteiger partial charge is 0.351 e. The van der Waals surface area contributed by atoms with Crippen LogP contribution in [0.5, 0.6) is 0 Å². The van der Waals surface area contributed by atoms with Crippen LogP contribution in [0.2, 0.25) is 0 Å². The molecule has 0 aromatic heterocycles. The molecule has 1 aromatic carbocycles. The van der Waals surface area contributed by atoms with Crippen molar-refractivity contribution in [1.29, 1.82) is 0 Å². The molecule has 1 aliphatic heterocycles. The number of carbonyl (C=O) groups is 2. The Morgan fingerprint density at radius 3 is 2.90 bits per heavy atom. The van der Waals surface area contributed by atoms with E-state index in [0.29, 0.717) is 17.8 Å². The van der Waals surface area contributed by atoms with E-state index in [9.17, 15) is 9.59 Å². The first-order valence-electron chi connectivity index (χ1n) is 6.57. The van der Waals surface area contributed by atoms with Gasteiger partial charge in [0.2, 0.25) is 0 Å². The van der Waals surface area contributed by atoms with Crippen molar-refractivity contribution >= 4 is 29.4 Å². The van der Waals surface area contributed by atoms with Gasteiger partial charge in [-0.3, -0.25) is 4.79 Å². The van der Waals surface area contributed by atoms with Gasteiger partial charge in [-0.15, -0.1) is 0 Å². The summed E-state index contributed by atoms with van der Waals surface area (Å²) in [5.74, 6) is 1.02. The van der Waals surface area contributed by atoms with Gasteiger partial charge in [-0.2, -0.15) is 11.8 Å². The smallest absolute Gasteiger partial charge is 0.316 e. The first kappa shape index (κ1) is 14.7. The van der Waals surface area contributed by atoms with Crippen LogP contribution in [0.15, 0.2) is 24.3 Å². The number of benzene rings is 1. The maximum absolute atomic E-state index is 12.1. The highest BCUT2D eigenvalue weighted by molar-refractivity contribution is 8.00.